The Bertz CT molecular complexity index is 769. The van der Waals surface area contributed by atoms with Gasteiger partial charge >= 0.3 is 0 Å². The molecule has 0 unspecified atom stereocenters. The van der Waals surface area contributed by atoms with Gasteiger partial charge in [-0.3, -0.25) is 10.1 Å². The van der Waals surface area contributed by atoms with Gasteiger partial charge in [-0.2, -0.15) is 15.8 Å². The van der Waals surface area contributed by atoms with Crippen LogP contribution in [0.4, 0.5) is 5.69 Å². The monoisotopic (exact) mass is 279 g/mol. The maximum atomic E-state index is 10.9. The van der Waals surface area contributed by atoms with Crippen molar-refractivity contribution >= 4 is 11.8 Å². The Morgan fingerprint density at radius 3 is 2.38 bits per heavy atom. The van der Waals surface area contributed by atoms with Crippen molar-refractivity contribution in [1.29, 1.82) is 15.8 Å². The Morgan fingerprint density at radius 2 is 1.90 bits per heavy atom. The molecule has 0 saturated heterocycles. The third-order valence-corrected chi connectivity index (χ3v) is 2.64. The van der Waals surface area contributed by atoms with Crippen LogP contribution in [0.15, 0.2) is 35.0 Å². The normalized spacial score (nSPS) is 9.90. The molecule has 21 heavy (non-hydrogen) atoms. The van der Waals surface area contributed by atoms with E-state index in [4.69, 9.17) is 21.5 Å². The predicted molar refractivity (Wildman–Crippen MR) is 73.9 cm³/mol. The zero-order valence-electron chi connectivity index (χ0n) is 11.0. The van der Waals surface area contributed by atoms with Gasteiger partial charge in [-0.25, -0.2) is 0 Å². The average molecular weight is 279 g/mol. The topological polar surface area (TPSA) is 141 Å². The van der Waals surface area contributed by atoms with E-state index in [0.29, 0.717) is 11.1 Å². The molecule has 0 fully saturated rings. The van der Waals surface area contributed by atoms with E-state index in [2.05, 4.69) is 0 Å². The van der Waals surface area contributed by atoms with Crippen molar-refractivity contribution in [3.05, 3.63) is 56.3 Å². The number of benzene rings is 1. The van der Waals surface area contributed by atoms with Crippen LogP contribution in [0.1, 0.15) is 11.1 Å². The van der Waals surface area contributed by atoms with E-state index in [9.17, 15) is 10.1 Å². The fourth-order valence-corrected chi connectivity index (χ4v) is 1.53. The van der Waals surface area contributed by atoms with Gasteiger partial charge in [0.25, 0.3) is 5.69 Å². The molecule has 2 N–H and O–H groups in total. The summed E-state index contributed by atoms with van der Waals surface area (Å²) in [6.07, 6.45) is 1.29. The zero-order chi connectivity index (χ0) is 16.0. The number of allylic oxidation sites excluding steroid dienone is 2. The average Bonchev–Trinajstić information content (AvgIpc) is 2.47. The minimum absolute atomic E-state index is 0.0932. The van der Waals surface area contributed by atoms with Crippen molar-refractivity contribution in [3.8, 4) is 18.2 Å². The molecule has 1 rings (SSSR count). The van der Waals surface area contributed by atoms with Crippen LogP contribution in [0.5, 0.6) is 0 Å². The molecule has 0 saturated carbocycles. The molecular weight excluding hydrogens is 270 g/mol. The third kappa shape index (κ3) is 3.44. The molecule has 0 atom stereocenters. The highest BCUT2D eigenvalue weighted by molar-refractivity contribution is 5.67. The van der Waals surface area contributed by atoms with Gasteiger partial charge in [-0.05, 0) is 18.6 Å². The SMILES string of the molecule is Cc1ccc(C=C(C#N)C(N)=C(C#N)C#N)cc1[N+](=O)[O-]. The molecule has 0 spiro atoms. The highest BCUT2D eigenvalue weighted by Gasteiger charge is 2.12. The van der Waals surface area contributed by atoms with E-state index >= 15 is 0 Å². The summed E-state index contributed by atoms with van der Waals surface area (Å²) in [5.41, 5.74) is 5.59. The summed E-state index contributed by atoms with van der Waals surface area (Å²) in [6, 6.07) is 9.34. The van der Waals surface area contributed by atoms with Crippen molar-refractivity contribution in [2.45, 2.75) is 6.92 Å². The van der Waals surface area contributed by atoms with Crippen LogP contribution in [0, 0.1) is 51.0 Å². The highest BCUT2D eigenvalue weighted by atomic mass is 16.6. The molecule has 0 aliphatic heterocycles. The lowest BCUT2D eigenvalue weighted by molar-refractivity contribution is -0.385. The lowest BCUT2D eigenvalue weighted by Crippen LogP contribution is -2.03. The first-order chi connectivity index (χ1) is 9.94. The van der Waals surface area contributed by atoms with E-state index in [1.807, 2.05) is 0 Å². The predicted octanol–water partition coefficient (Wildman–Crippen LogP) is 2.07. The van der Waals surface area contributed by atoms with Crippen molar-refractivity contribution in [3.63, 3.8) is 0 Å². The van der Waals surface area contributed by atoms with Gasteiger partial charge in [0.2, 0.25) is 0 Å². The second kappa shape index (κ2) is 6.51. The number of nitriles is 3. The summed E-state index contributed by atoms with van der Waals surface area (Å²) in [5.74, 6) is 0. The van der Waals surface area contributed by atoms with Crippen LogP contribution in [0.25, 0.3) is 6.08 Å². The molecule has 7 heteroatoms. The summed E-state index contributed by atoms with van der Waals surface area (Å²) in [4.78, 5) is 10.3. The summed E-state index contributed by atoms with van der Waals surface area (Å²) in [7, 11) is 0. The van der Waals surface area contributed by atoms with Crippen LogP contribution < -0.4 is 5.73 Å². The molecule has 1 aromatic rings. The first kappa shape index (κ1) is 15.4. The molecule has 7 nitrogen and oxygen atoms in total. The minimum atomic E-state index is -0.534. The molecule has 0 bridgehead atoms. The number of nitrogens with zero attached hydrogens (tertiary/aromatic N) is 4. The molecular formula is C14H9N5O2. The highest BCUT2D eigenvalue weighted by Crippen LogP contribution is 2.22. The Kier molecular flexibility index (Phi) is 4.78. The number of rotatable bonds is 3. The van der Waals surface area contributed by atoms with Gasteiger partial charge in [0.15, 0.2) is 5.57 Å². The van der Waals surface area contributed by atoms with Crippen LogP contribution >= 0.6 is 0 Å². The molecule has 1 aromatic carbocycles. The summed E-state index contributed by atoms with van der Waals surface area (Å²) in [6.45, 7) is 1.59. The number of aryl methyl sites for hydroxylation is 1. The molecule has 0 radical (unpaired) electrons. The van der Waals surface area contributed by atoms with Gasteiger partial charge in [0, 0.05) is 11.6 Å². The molecule has 0 aliphatic rings. The van der Waals surface area contributed by atoms with E-state index in [1.165, 1.54) is 18.2 Å². The number of hydrogen-bond donors (Lipinski definition) is 1. The molecule has 0 aliphatic carbocycles. The summed E-state index contributed by atoms with van der Waals surface area (Å²) >= 11 is 0. The smallest absolute Gasteiger partial charge is 0.272 e. The fraction of sp³-hybridized carbons (Fsp3) is 0.0714. The van der Waals surface area contributed by atoms with Gasteiger partial charge in [-0.15, -0.1) is 0 Å². The largest absolute Gasteiger partial charge is 0.396 e. The fourth-order valence-electron chi connectivity index (χ4n) is 1.53. The lowest BCUT2D eigenvalue weighted by Gasteiger charge is -2.01. The number of nitrogens with two attached hydrogens (primary N) is 1. The second-order valence-corrected chi connectivity index (χ2v) is 3.99. The molecule has 0 aromatic heterocycles. The third-order valence-electron chi connectivity index (χ3n) is 2.64. The van der Waals surface area contributed by atoms with Gasteiger partial charge < -0.3 is 5.73 Å². The van der Waals surface area contributed by atoms with Gasteiger partial charge in [0.05, 0.1) is 16.2 Å². The van der Waals surface area contributed by atoms with Gasteiger partial charge in [0.1, 0.15) is 18.2 Å². The quantitative estimate of drug-likeness (QED) is 0.388. The number of nitro groups is 1. The zero-order valence-corrected chi connectivity index (χ0v) is 11.0. The lowest BCUT2D eigenvalue weighted by atomic mass is 10.0. The standard InChI is InChI=1S/C14H9N5O2/c1-9-2-3-10(5-13(9)19(20)21)4-11(6-15)14(18)12(7-16)8-17/h2-5H,18H2,1H3. The number of hydrogen-bond acceptors (Lipinski definition) is 6. The molecule has 0 amide bonds. The summed E-state index contributed by atoms with van der Waals surface area (Å²) < 4.78 is 0. The number of nitro benzene ring substituents is 1. The van der Waals surface area contributed by atoms with Crippen LogP contribution in [0.3, 0.4) is 0 Å². The molecule has 102 valence electrons. The van der Waals surface area contributed by atoms with Crippen molar-refractivity contribution in [2.75, 3.05) is 0 Å². The minimum Gasteiger partial charge on any atom is -0.396 e. The first-order valence-corrected chi connectivity index (χ1v) is 5.61. The molecule has 0 heterocycles. The van der Waals surface area contributed by atoms with E-state index < -0.39 is 4.92 Å². The Morgan fingerprint density at radius 1 is 1.29 bits per heavy atom. The van der Waals surface area contributed by atoms with Crippen molar-refractivity contribution in [2.24, 2.45) is 5.73 Å². The van der Waals surface area contributed by atoms with Crippen LogP contribution in [0.2, 0.25) is 0 Å². The summed E-state index contributed by atoms with van der Waals surface area (Å²) in [5, 5.41) is 37.4. The first-order valence-electron chi connectivity index (χ1n) is 5.61. The maximum Gasteiger partial charge on any atom is 0.272 e. The van der Waals surface area contributed by atoms with Gasteiger partial charge in [-0.1, -0.05) is 12.1 Å². The van der Waals surface area contributed by atoms with Crippen molar-refractivity contribution < 1.29 is 4.92 Å². The Labute approximate surface area is 120 Å². The van der Waals surface area contributed by atoms with E-state index in [-0.39, 0.29) is 22.5 Å². The van der Waals surface area contributed by atoms with E-state index in [1.54, 1.807) is 31.2 Å². The maximum absolute atomic E-state index is 10.9. The second-order valence-electron chi connectivity index (χ2n) is 3.99. The Balaban J connectivity index is 3.43. The van der Waals surface area contributed by atoms with Crippen LogP contribution in [-0.4, -0.2) is 4.92 Å². The Hall–Kier alpha value is -3.63. The van der Waals surface area contributed by atoms with Crippen LogP contribution in [-0.2, 0) is 0 Å². The van der Waals surface area contributed by atoms with E-state index in [0.717, 1.165) is 0 Å². The van der Waals surface area contributed by atoms with Crippen molar-refractivity contribution in [1.82, 2.24) is 0 Å².